The Morgan fingerprint density at radius 3 is 2.68 bits per heavy atom. The number of amides is 2. The molecular weight excluding hydrogens is 320 g/mol. The molecule has 7 nitrogen and oxygen atoms in total. The summed E-state index contributed by atoms with van der Waals surface area (Å²) in [6.07, 6.45) is 6.08. The number of nitrogens with one attached hydrogen (secondary N) is 1. The summed E-state index contributed by atoms with van der Waals surface area (Å²) in [4.78, 5) is 16.7. The summed E-state index contributed by atoms with van der Waals surface area (Å²) in [5, 5.41) is 7.12. The molecule has 1 aromatic heterocycles. The third kappa shape index (κ3) is 4.52. The molecule has 0 spiro atoms. The molecule has 1 saturated carbocycles. The zero-order valence-corrected chi connectivity index (χ0v) is 15.4. The van der Waals surface area contributed by atoms with E-state index >= 15 is 0 Å². The molecule has 2 fully saturated rings. The maximum absolute atomic E-state index is 12.5. The number of nitrogens with zero attached hydrogens (tertiary/aromatic N) is 3. The second-order valence-electron chi connectivity index (χ2n) is 7.33. The van der Waals surface area contributed by atoms with E-state index in [9.17, 15) is 4.79 Å². The Hall–Kier alpha value is -1.60. The second kappa shape index (κ2) is 8.19. The van der Waals surface area contributed by atoms with Crippen molar-refractivity contribution < 1.29 is 14.1 Å². The highest BCUT2D eigenvalue weighted by Crippen LogP contribution is 2.33. The number of aromatic nitrogens is 1. The first-order valence-electron chi connectivity index (χ1n) is 9.33. The second-order valence-corrected chi connectivity index (χ2v) is 7.33. The maximum Gasteiger partial charge on any atom is 0.317 e. The fourth-order valence-electron chi connectivity index (χ4n) is 4.03. The smallest absolute Gasteiger partial charge is 0.317 e. The van der Waals surface area contributed by atoms with Crippen molar-refractivity contribution >= 4 is 6.03 Å². The van der Waals surface area contributed by atoms with Crippen molar-refractivity contribution in [3.63, 3.8) is 0 Å². The third-order valence-corrected chi connectivity index (χ3v) is 5.46. The van der Waals surface area contributed by atoms with Gasteiger partial charge in [-0.25, -0.2) is 4.79 Å². The highest BCUT2D eigenvalue weighted by molar-refractivity contribution is 5.73. The molecule has 1 aliphatic heterocycles. The first kappa shape index (κ1) is 18.2. The van der Waals surface area contributed by atoms with E-state index in [1.54, 1.807) is 11.9 Å². The van der Waals surface area contributed by atoms with Crippen LogP contribution in [0, 0.1) is 6.92 Å². The third-order valence-electron chi connectivity index (χ3n) is 5.46. The van der Waals surface area contributed by atoms with Crippen LogP contribution in [0.15, 0.2) is 10.6 Å². The molecule has 25 heavy (non-hydrogen) atoms. The molecule has 140 valence electrons. The van der Waals surface area contributed by atoms with E-state index in [1.165, 1.54) is 19.3 Å². The fraction of sp³-hybridized carbons (Fsp3) is 0.778. The van der Waals surface area contributed by atoms with E-state index in [2.05, 4.69) is 15.4 Å². The monoisotopic (exact) mass is 350 g/mol. The van der Waals surface area contributed by atoms with Gasteiger partial charge in [0, 0.05) is 38.3 Å². The van der Waals surface area contributed by atoms with Gasteiger partial charge in [0.2, 0.25) is 0 Å². The molecule has 2 heterocycles. The van der Waals surface area contributed by atoms with E-state index in [0.29, 0.717) is 13.1 Å². The Morgan fingerprint density at radius 2 is 2.04 bits per heavy atom. The number of aryl methyl sites for hydroxylation is 1. The zero-order valence-electron chi connectivity index (χ0n) is 15.4. The Labute approximate surface area is 149 Å². The van der Waals surface area contributed by atoms with Crippen molar-refractivity contribution in [1.82, 2.24) is 20.3 Å². The summed E-state index contributed by atoms with van der Waals surface area (Å²) in [6, 6.07) is 1.80. The van der Waals surface area contributed by atoms with E-state index in [1.807, 2.05) is 13.0 Å². The molecule has 2 aliphatic rings. The minimum Gasteiger partial charge on any atom is -0.379 e. The number of hydrogen-bond donors (Lipinski definition) is 1. The summed E-state index contributed by atoms with van der Waals surface area (Å²) < 4.78 is 10.6. The first-order valence-corrected chi connectivity index (χ1v) is 9.33. The van der Waals surface area contributed by atoms with Gasteiger partial charge in [-0.05, 0) is 19.8 Å². The number of ether oxygens (including phenoxy) is 1. The van der Waals surface area contributed by atoms with Gasteiger partial charge in [0.25, 0.3) is 0 Å². The van der Waals surface area contributed by atoms with E-state index in [4.69, 9.17) is 9.26 Å². The molecular formula is C18H30N4O3. The Balaban J connectivity index is 1.57. The normalized spacial score (nSPS) is 21.0. The van der Waals surface area contributed by atoms with Gasteiger partial charge in [0.05, 0.1) is 19.8 Å². The van der Waals surface area contributed by atoms with Crippen LogP contribution < -0.4 is 5.32 Å². The van der Waals surface area contributed by atoms with Crippen molar-refractivity contribution in [3.8, 4) is 0 Å². The summed E-state index contributed by atoms with van der Waals surface area (Å²) in [6.45, 7) is 6.52. The van der Waals surface area contributed by atoms with Crippen LogP contribution in [0.2, 0.25) is 0 Å². The molecule has 2 amide bonds. The van der Waals surface area contributed by atoms with E-state index < -0.39 is 0 Å². The van der Waals surface area contributed by atoms with E-state index in [0.717, 1.165) is 50.6 Å². The van der Waals surface area contributed by atoms with Crippen LogP contribution in [0.5, 0.6) is 0 Å². The van der Waals surface area contributed by atoms with Crippen LogP contribution in [0.25, 0.3) is 0 Å². The predicted molar refractivity (Wildman–Crippen MR) is 94.3 cm³/mol. The highest BCUT2D eigenvalue weighted by Gasteiger charge is 2.39. The Morgan fingerprint density at radius 1 is 1.32 bits per heavy atom. The molecule has 0 aromatic carbocycles. The average Bonchev–Trinajstić information content (AvgIpc) is 3.06. The molecule has 1 N–H and O–H groups in total. The highest BCUT2D eigenvalue weighted by atomic mass is 16.5. The molecule has 0 unspecified atom stereocenters. The van der Waals surface area contributed by atoms with Gasteiger partial charge in [0.15, 0.2) is 0 Å². The minimum atomic E-state index is -0.0566. The SMILES string of the molecule is Cc1cc(CN(C)C(=O)NCC2(N3CCOCC3)CCCCC2)no1. The quantitative estimate of drug-likeness (QED) is 0.881. The van der Waals surface area contributed by atoms with Crippen molar-refractivity contribution in [2.75, 3.05) is 39.9 Å². The van der Waals surface area contributed by atoms with Gasteiger partial charge in [0.1, 0.15) is 11.5 Å². The van der Waals surface area contributed by atoms with Gasteiger partial charge < -0.3 is 19.5 Å². The van der Waals surface area contributed by atoms with Gasteiger partial charge in [-0.15, -0.1) is 0 Å². The molecule has 0 atom stereocenters. The lowest BCUT2D eigenvalue weighted by molar-refractivity contribution is -0.0360. The lowest BCUT2D eigenvalue weighted by atomic mass is 9.80. The predicted octanol–water partition coefficient (Wildman–Crippen LogP) is 2.16. The fourth-order valence-corrected chi connectivity index (χ4v) is 4.03. The Kier molecular flexibility index (Phi) is 5.96. The number of carbonyl (C=O) groups excluding carboxylic acids is 1. The summed E-state index contributed by atoms with van der Waals surface area (Å²) in [5.41, 5.74) is 0.860. The number of morpholine rings is 1. The minimum absolute atomic E-state index is 0.0566. The first-order chi connectivity index (χ1) is 12.1. The van der Waals surface area contributed by atoms with Crippen LogP contribution in [0.4, 0.5) is 4.79 Å². The van der Waals surface area contributed by atoms with Gasteiger partial charge in [-0.1, -0.05) is 24.4 Å². The van der Waals surface area contributed by atoms with Gasteiger partial charge in [-0.3, -0.25) is 4.90 Å². The van der Waals surface area contributed by atoms with Crippen LogP contribution in [0.1, 0.15) is 43.6 Å². The zero-order chi connectivity index (χ0) is 17.7. The molecule has 7 heteroatoms. The molecule has 1 aromatic rings. The van der Waals surface area contributed by atoms with Crippen LogP contribution in [0.3, 0.4) is 0 Å². The maximum atomic E-state index is 12.5. The van der Waals surface area contributed by atoms with Gasteiger partial charge >= 0.3 is 6.03 Å². The molecule has 1 aliphatic carbocycles. The summed E-state index contributed by atoms with van der Waals surface area (Å²) >= 11 is 0. The average molecular weight is 350 g/mol. The largest absolute Gasteiger partial charge is 0.379 e. The lowest BCUT2D eigenvalue weighted by Gasteiger charge is -2.48. The number of rotatable bonds is 5. The molecule has 1 saturated heterocycles. The summed E-state index contributed by atoms with van der Waals surface area (Å²) in [7, 11) is 1.79. The molecule has 3 rings (SSSR count). The van der Waals surface area contributed by atoms with Crippen LogP contribution in [-0.2, 0) is 11.3 Å². The van der Waals surface area contributed by atoms with Crippen molar-refractivity contribution in [1.29, 1.82) is 0 Å². The number of carbonyl (C=O) groups is 1. The van der Waals surface area contributed by atoms with Crippen molar-refractivity contribution in [3.05, 3.63) is 17.5 Å². The molecule has 0 bridgehead atoms. The topological polar surface area (TPSA) is 70.8 Å². The van der Waals surface area contributed by atoms with Crippen LogP contribution in [-0.4, -0.2) is 66.4 Å². The number of hydrogen-bond acceptors (Lipinski definition) is 5. The van der Waals surface area contributed by atoms with Crippen molar-refractivity contribution in [2.24, 2.45) is 0 Å². The Bertz CT molecular complexity index is 562. The standard InChI is InChI=1S/C18H30N4O3/c1-15-12-16(20-25-15)13-21(2)17(23)19-14-18(6-4-3-5-7-18)22-8-10-24-11-9-22/h12H,3-11,13-14H2,1-2H3,(H,19,23). The molecule has 0 radical (unpaired) electrons. The van der Waals surface area contributed by atoms with E-state index in [-0.39, 0.29) is 11.6 Å². The van der Waals surface area contributed by atoms with Crippen LogP contribution >= 0.6 is 0 Å². The van der Waals surface area contributed by atoms with Crippen molar-refractivity contribution in [2.45, 2.75) is 51.1 Å². The lowest BCUT2D eigenvalue weighted by Crippen LogP contribution is -2.60. The van der Waals surface area contributed by atoms with Gasteiger partial charge in [-0.2, -0.15) is 0 Å². The summed E-state index contributed by atoms with van der Waals surface area (Å²) in [5.74, 6) is 0.761. The number of urea groups is 1.